The number of alkyl halides is 3. The minimum absolute atomic E-state index is 0.0103. The van der Waals surface area contributed by atoms with Gasteiger partial charge in [-0.2, -0.15) is 17.5 Å². The zero-order valence-corrected chi connectivity index (χ0v) is 21.9. The Hall–Kier alpha value is -2.60. The third-order valence-electron chi connectivity index (χ3n) is 6.02. The topological polar surface area (TPSA) is 85.8 Å². The number of ether oxygens (including phenoxy) is 2. The Kier molecular flexibility index (Phi) is 7.62. The summed E-state index contributed by atoms with van der Waals surface area (Å²) in [6, 6.07) is 6.67. The zero-order valence-electron chi connectivity index (χ0n) is 19.6. The van der Waals surface area contributed by atoms with E-state index >= 15 is 0 Å². The molecular formula is C24H21Cl2F3N2O5S. The Morgan fingerprint density at radius 3 is 2.62 bits per heavy atom. The second kappa shape index (κ2) is 10.3. The zero-order chi connectivity index (χ0) is 27.1. The summed E-state index contributed by atoms with van der Waals surface area (Å²) in [5.41, 5.74) is -0.607. The van der Waals surface area contributed by atoms with E-state index in [1.54, 1.807) is 0 Å². The minimum atomic E-state index is -4.60. The van der Waals surface area contributed by atoms with Crippen LogP contribution in [-0.2, 0) is 32.3 Å². The number of para-hydroxylation sites is 1. The van der Waals surface area contributed by atoms with E-state index in [2.05, 4.69) is 4.98 Å². The second-order valence-electron chi connectivity index (χ2n) is 8.38. The fourth-order valence-corrected chi connectivity index (χ4v) is 6.80. The van der Waals surface area contributed by atoms with Crippen molar-refractivity contribution in [1.29, 1.82) is 0 Å². The van der Waals surface area contributed by atoms with Crippen LogP contribution in [0.2, 0.25) is 10.0 Å². The van der Waals surface area contributed by atoms with Gasteiger partial charge < -0.3 is 9.47 Å². The van der Waals surface area contributed by atoms with E-state index in [-0.39, 0.29) is 56.0 Å². The van der Waals surface area contributed by atoms with Gasteiger partial charge in [-0.05, 0) is 44.0 Å². The number of carbonyl (C=O) groups is 1. The number of nitrogens with zero attached hydrogens (tertiary/aromatic N) is 2. The summed E-state index contributed by atoms with van der Waals surface area (Å²) in [7, 11) is -3.03. The molecule has 0 saturated carbocycles. The Labute approximate surface area is 221 Å². The summed E-state index contributed by atoms with van der Waals surface area (Å²) in [5, 5.41) is -0.273. The number of rotatable bonds is 6. The first-order valence-corrected chi connectivity index (χ1v) is 13.2. The molecule has 13 heteroatoms. The summed E-state index contributed by atoms with van der Waals surface area (Å²) >= 11 is 12.8. The molecule has 0 radical (unpaired) electrons. The van der Waals surface area contributed by atoms with Crippen molar-refractivity contribution in [2.45, 2.75) is 43.5 Å². The number of pyridine rings is 1. The predicted molar refractivity (Wildman–Crippen MR) is 131 cm³/mol. The molecule has 1 aliphatic heterocycles. The molecule has 2 heterocycles. The molecule has 0 aliphatic carbocycles. The molecule has 0 N–H and O–H groups in total. The average Bonchev–Trinajstić information content (AvgIpc) is 3.33. The molecule has 37 heavy (non-hydrogen) atoms. The van der Waals surface area contributed by atoms with Gasteiger partial charge in [-0.3, -0.25) is 4.79 Å². The summed E-state index contributed by atoms with van der Waals surface area (Å²) in [4.78, 5) is 16.0. The van der Waals surface area contributed by atoms with Crippen molar-refractivity contribution in [3.05, 3.63) is 63.3 Å². The average molecular weight is 577 g/mol. The molecule has 198 valence electrons. The molecule has 1 atom stereocenters. The quantitative estimate of drug-likeness (QED) is 0.346. The summed E-state index contributed by atoms with van der Waals surface area (Å²) in [6.45, 7) is 1.19. The highest BCUT2D eigenvalue weighted by atomic mass is 35.5. The van der Waals surface area contributed by atoms with Crippen molar-refractivity contribution >= 4 is 50.1 Å². The van der Waals surface area contributed by atoms with Crippen LogP contribution in [0.3, 0.4) is 0 Å². The maximum absolute atomic E-state index is 13.6. The molecule has 0 bridgehead atoms. The van der Waals surface area contributed by atoms with Gasteiger partial charge in [-0.15, -0.1) is 0 Å². The van der Waals surface area contributed by atoms with Crippen molar-refractivity contribution in [1.82, 2.24) is 9.29 Å². The molecule has 0 unspecified atom stereocenters. The van der Waals surface area contributed by atoms with Gasteiger partial charge in [0, 0.05) is 28.2 Å². The number of hydrogen-bond acceptors (Lipinski definition) is 6. The molecule has 0 spiro atoms. The van der Waals surface area contributed by atoms with E-state index in [0.717, 1.165) is 10.4 Å². The fraction of sp³-hybridized carbons (Fsp3) is 0.333. The Morgan fingerprint density at radius 2 is 1.95 bits per heavy atom. The van der Waals surface area contributed by atoms with E-state index in [9.17, 15) is 26.4 Å². The van der Waals surface area contributed by atoms with Gasteiger partial charge in [-0.25, -0.2) is 13.4 Å². The first-order valence-electron chi connectivity index (χ1n) is 11.0. The molecule has 4 rings (SSSR count). The second-order valence-corrected chi connectivity index (χ2v) is 11.0. The third kappa shape index (κ3) is 5.22. The highest BCUT2D eigenvalue weighted by molar-refractivity contribution is 7.89. The SMILES string of the molecule is COC(=O)[C@@H]1CCCN1S(=O)(=O)c1ccc(Cl)c(COc2cccc3c(C(F)(F)F)cc(C)nc23)c1Cl. The van der Waals surface area contributed by atoms with Gasteiger partial charge in [0.1, 0.15) is 28.8 Å². The number of halogens is 5. The van der Waals surface area contributed by atoms with Crippen LogP contribution in [0.15, 0.2) is 41.3 Å². The lowest BCUT2D eigenvalue weighted by Gasteiger charge is -2.23. The van der Waals surface area contributed by atoms with Gasteiger partial charge in [0.2, 0.25) is 10.0 Å². The molecular weight excluding hydrogens is 556 g/mol. The van der Waals surface area contributed by atoms with Crippen molar-refractivity contribution < 1.29 is 35.9 Å². The van der Waals surface area contributed by atoms with Crippen molar-refractivity contribution in [2.24, 2.45) is 0 Å². The largest absolute Gasteiger partial charge is 0.487 e. The highest BCUT2D eigenvalue weighted by Gasteiger charge is 2.41. The fourth-order valence-electron chi connectivity index (χ4n) is 4.28. The van der Waals surface area contributed by atoms with Crippen LogP contribution in [0.4, 0.5) is 13.2 Å². The molecule has 1 aromatic heterocycles. The smallest absolute Gasteiger partial charge is 0.417 e. The highest BCUT2D eigenvalue weighted by Crippen LogP contribution is 2.39. The summed E-state index contributed by atoms with van der Waals surface area (Å²) in [5.74, 6) is -0.635. The Balaban J connectivity index is 1.70. The third-order valence-corrected chi connectivity index (χ3v) is 8.87. The van der Waals surface area contributed by atoms with Gasteiger partial charge in [-0.1, -0.05) is 35.3 Å². The number of aromatic nitrogens is 1. The monoisotopic (exact) mass is 576 g/mol. The molecule has 7 nitrogen and oxygen atoms in total. The first kappa shape index (κ1) is 27.4. The van der Waals surface area contributed by atoms with Crippen LogP contribution in [0.25, 0.3) is 10.9 Å². The minimum Gasteiger partial charge on any atom is -0.487 e. The number of aryl methyl sites for hydroxylation is 1. The number of esters is 1. The lowest BCUT2D eigenvalue weighted by Crippen LogP contribution is -2.41. The maximum atomic E-state index is 13.6. The first-order chi connectivity index (χ1) is 17.4. The van der Waals surface area contributed by atoms with Crippen LogP contribution >= 0.6 is 23.2 Å². The maximum Gasteiger partial charge on any atom is 0.417 e. The lowest BCUT2D eigenvalue weighted by molar-refractivity contribution is -0.144. The van der Waals surface area contributed by atoms with Crippen molar-refractivity contribution in [2.75, 3.05) is 13.7 Å². The number of sulfonamides is 1. The molecule has 3 aromatic rings. The standard InChI is InChI=1S/C24H21Cl2F3N2O5S/c1-13-11-16(24(27,28)29)14-5-3-7-19(22(14)30-13)36-12-15-17(25)8-9-20(21(15)26)37(33,34)31-10-4-6-18(31)23(32)35-2/h3,5,7-9,11,18H,4,6,10,12H2,1-2H3/t18-/m0/s1. The number of benzene rings is 2. The number of carbonyl (C=O) groups excluding carboxylic acids is 1. The van der Waals surface area contributed by atoms with Crippen LogP contribution < -0.4 is 4.74 Å². The van der Waals surface area contributed by atoms with E-state index in [0.29, 0.717) is 12.8 Å². The van der Waals surface area contributed by atoms with Crippen molar-refractivity contribution in [3.8, 4) is 5.75 Å². The van der Waals surface area contributed by atoms with Gasteiger partial charge in [0.15, 0.2) is 0 Å². The van der Waals surface area contributed by atoms with Crippen LogP contribution in [0.1, 0.15) is 29.7 Å². The van der Waals surface area contributed by atoms with E-state index in [1.165, 1.54) is 44.4 Å². The molecule has 0 amide bonds. The number of fused-ring (bicyclic) bond motifs is 1. The number of hydrogen-bond donors (Lipinski definition) is 0. The summed E-state index contributed by atoms with van der Waals surface area (Å²) in [6.07, 6.45) is -3.83. The Morgan fingerprint density at radius 1 is 1.22 bits per heavy atom. The van der Waals surface area contributed by atoms with Crippen LogP contribution in [-0.4, -0.2) is 43.4 Å². The van der Waals surface area contributed by atoms with Gasteiger partial charge in [0.05, 0.1) is 17.7 Å². The van der Waals surface area contributed by atoms with Gasteiger partial charge in [0.25, 0.3) is 0 Å². The number of methoxy groups -OCH3 is 1. The van der Waals surface area contributed by atoms with Crippen molar-refractivity contribution in [3.63, 3.8) is 0 Å². The molecule has 1 fully saturated rings. The van der Waals surface area contributed by atoms with E-state index in [4.69, 9.17) is 32.7 Å². The van der Waals surface area contributed by atoms with Crippen LogP contribution in [0.5, 0.6) is 5.75 Å². The molecule has 2 aromatic carbocycles. The van der Waals surface area contributed by atoms with Crippen LogP contribution in [0, 0.1) is 6.92 Å². The van der Waals surface area contributed by atoms with Gasteiger partial charge >= 0.3 is 12.1 Å². The van der Waals surface area contributed by atoms with E-state index in [1.807, 2.05) is 0 Å². The predicted octanol–water partition coefficient (Wildman–Crippen LogP) is 5.77. The van der Waals surface area contributed by atoms with E-state index < -0.39 is 33.8 Å². The lowest BCUT2D eigenvalue weighted by atomic mass is 10.1. The Bertz CT molecular complexity index is 1480. The molecule has 1 aliphatic rings. The normalized spacial score (nSPS) is 16.8. The molecule has 1 saturated heterocycles. The summed E-state index contributed by atoms with van der Waals surface area (Å²) < 4.78 is 79.1.